The molecule has 0 aromatic carbocycles. The molecule has 0 saturated carbocycles. The molecular weight excluding hydrogens is 162 g/mol. The summed E-state index contributed by atoms with van der Waals surface area (Å²) >= 11 is 1.06. The van der Waals surface area contributed by atoms with Crippen LogP contribution in [0.25, 0.3) is 0 Å². The molecule has 0 bridgehead atoms. The van der Waals surface area contributed by atoms with Crippen LogP contribution in [0.2, 0.25) is 0 Å². The molecule has 0 heterocycles. The van der Waals surface area contributed by atoms with E-state index in [4.69, 9.17) is 3.67 Å². The molecule has 0 saturated heterocycles. The van der Waals surface area contributed by atoms with E-state index in [1.54, 1.807) is 0 Å². The molecule has 0 amide bonds. The molecule has 4 heteroatoms. The van der Waals surface area contributed by atoms with E-state index in [1.807, 2.05) is 0 Å². The first-order chi connectivity index (χ1) is 1.00. The Morgan fingerprint density at radius 3 is 1.50 bits per heavy atom. The predicted octanol–water partition coefficient (Wildman–Crippen LogP) is -3.01. The molecule has 0 radical (unpaired) electrons. The third-order valence-electron chi connectivity index (χ3n) is 0. The average Bonchev–Trinajstić information content (AvgIpc) is 1.00. The van der Waals surface area contributed by atoms with Gasteiger partial charge >= 0.3 is 72.4 Å². The van der Waals surface area contributed by atoms with Crippen LogP contribution in [0.5, 0.6) is 0 Å². The number of hydrogen-bond acceptors (Lipinski definition) is 1. The molecule has 0 aromatic heterocycles. The van der Waals surface area contributed by atoms with E-state index in [9.17, 15) is 0 Å². The Hall–Kier alpha value is 2.54. The molecule has 1 nitrogen and oxygen atoms in total. The van der Waals surface area contributed by atoms with Crippen molar-refractivity contribution in [2.75, 3.05) is 0 Å². The zero-order valence-corrected chi connectivity index (χ0v) is 7.83. The van der Waals surface area contributed by atoms with Crippen LogP contribution in [0.1, 0.15) is 1.43 Å². The normalized spacial score (nSPS) is 0.750. The van der Waals surface area contributed by atoms with E-state index >= 15 is 0 Å². The van der Waals surface area contributed by atoms with Crippen molar-refractivity contribution < 1.29 is 90.9 Å². The Kier molecular flexibility index (Phi) is 70.9. The predicted molar refractivity (Wildman–Crippen MR) is 1.80 cm³/mol. The summed E-state index contributed by atoms with van der Waals surface area (Å²) in [7, 11) is 0. The molecule has 0 spiro atoms. The first kappa shape index (κ1) is 16.0. The van der Waals surface area contributed by atoms with Gasteiger partial charge < -0.3 is 1.43 Å². The fourth-order valence-electron chi connectivity index (χ4n) is 0. The second-order valence-electron chi connectivity index (χ2n) is 0. The Bertz CT molecular complexity index is 11.6. The summed E-state index contributed by atoms with van der Waals surface area (Å²) in [5, 5.41) is 0. The minimum absolute atomic E-state index is 0. The molecule has 0 aliphatic heterocycles. The van der Waals surface area contributed by atoms with Crippen LogP contribution in [-0.2, 0) is 38.1 Å². The van der Waals surface area contributed by atoms with E-state index in [-0.39, 0.29) is 69.9 Å². The van der Waals surface area contributed by atoms with E-state index in [1.165, 1.54) is 0 Å². The third kappa shape index (κ3) is 8.82. The fraction of sp³-hybridized carbons (Fsp3) is 0. The molecule has 21 valence electrons. The monoisotopic (exact) mass is 163 g/mol. The second kappa shape index (κ2) is 17.7. The molecule has 0 aliphatic rings. The zero-order valence-electron chi connectivity index (χ0n) is 3.21. The SMILES string of the molecule is [Fe].[H-].[K+].[O]=[V]. The number of hydrogen-bond donors (Lipinski definition) is 0. The Labute approximate surface area is 88.9 Å². The summed E-state index contributed by atoms with van der Waals surface area (Å²) in [6, 6.07) is 0. The standard InChI is InChI=1S/Fe.K.O.V.H/q;+1;;;-1. The van der Waals surface area contributed by atoms with Crippen molar-refractivity contribution in [2.45, 2.75) is 0 Å². The van der Waals surface area contributed by atoms with Gasteiger partial charge in [0.25, 0.3) is 0 Å². The Morgan fingerprint density at radius 2 is 1.50 bits per heavy atom. The van der Waals surface area contributed by atoms with Gasteiger partial charge in [0.15, 0.2) is 0 Å². The van der Waals surface area contributed by atoms with Gasteiger partial charge in [0, 0.05) is 17.1 Å². The third-order valence-corrected chi connectivity index (χ3v) is 0. The molecule has 0 N–H and O–H groups in total. The summed E-state index contributed by atoms with van der Waals surface area (Å²) in [5.41, 5.74) is 0. The van der Waals surface area contributed by atoms with E-state index in [2.05, 4.69) is 0 Å². The van der Waals surface area contributed by atoms with Gasteiger partial charge in [-0.1, -0.05) is 0 Å². The van der Waals surface area contributed by atoms with Gasteiger partial charge in [0.2, 0.25) is 0 Å². The number of rotatable bonds is 0. The molecule has 0 unspecified atom stereocenters. The zero-order chi connectivity index (χ0) is 2.00. The van der Waals surface area contributed by atoms with Crippen LogP contribution >= 0.6 is 0 Å². The molecule has 0 aliphatic carbocycles. The quantitative estimate of drug-likeness (QED) is 0.347. The van der Waals surface area contributed by atoms with Crippen molar-refractivity contribution in [3.63, 3.8) is 0 Å². The fourth-order valence-corrected chi connectivity index (χ4v) is 0. The van der Waals surface area contributed by atoms with Crippen molar-refractivity contribution in [2.24, 2.45) is 0 Å². The summed E-state index contributed by atoms with van der Waals surface area (Å²) in [6.07, 6.45) is 0. The molecule has 0 rings (SSSR count). The maximum atomic E-state index is 8.19. The van der Waals surface area contributed by atoms with Gasteiger partial charge in [0.05, 0.1) is 0 Å². The van der Waals surface area contributed by atoms with Gasteiger partial charge in [-0.15, -0.1) is 0 Å². The average molecular weight is 163 g/mol. The van der Waals surface area contributed by atoms with Gasteiger partial charge in [0.1, 0.15) is 0 Å². The second-order valence-corrected chi connectivity index (χ2v) is 0. The molecule has 0 atom stereocenters. The van der Waals surface area contributed by atoms with Crippen LogP contribution in [0.15, 0.2) is 0 Å². The van der Waals surface area contributed by atoms with Crippen LogP contribution in [0, 0.1) is 0 Å². The van der Waals surface area contributed by atoms with Crippen molar-refractivity contribution in [3.05, 3.63) is 0 Å². The van der Waals surface area contributed by atoms with Gasteiger partial charge in [-0.25, -0.2) is 0 Å². The van der Waals surface area contributed by atoms with Crippen molar-refractivity contribution >= 4 is 0 Å². The summed E-state index contributed by atoms with van der Waals surface area (Å²) in [5.74, 6) is 0. The first-order valence-corrected chi connectivity index (χ1v) is 0.753. The maximum absolute atomic E-state index is 8.19. The summed E-state index contributed by atoms with van der Waals surface area (Å²) < 4.78 is 8.19. The molecule has 0 fully saturated rings. The van der Waals surface area contributed by atoms with E-state index < -0.39 is 0 Å². The van der Waals surface area contributed by atoms with Gasteiger partial charge in [-0.2, -0.15) is 0 Å². The summed E-state index contributed by atoms with van der Waals surface area (Å²) in [6.45, 7) is 0. The van der Waals surface area contributed by atoms with Gasteiger partial charge in [-0.3, -0.25) is 0 Å². The molecule has 0 aromatic rings. The van der Waals surface area contributed by atoms with E-state index in [0.29, 0.717) is 0 Å². The van der Waals surface area contributed by atoms with Crippen molar-refractivity contribution in [1.29, 1.82) is 0 Å². The Balaban J connectivity index is -0.00000000167. The van der Waals surface area contributed by atoms with Crippen LogP contribution in [0.3, 0.4) is 0 Å². The molecular formula is HFeKOV. The van der Waals surface area contributed by atoms with Gasteiger partial charge in [-0.05, 0) is 0 Å². The van der Waals surface area contributed by atoms with Crippen LogP contribution in [-0.4, -0.2) is 0 Å². The minimum atomic E-state index is 0. The summed E-state index contributed by atoms with van der Waals surface area (Å²) in [4.78, 5) is 0. The van der Waals surface area contributed by atoms with Crippen molar-refractivity contribution in [3.8, 4) is 0 Å². The molecule has 4 heavy (non-hydrogen) atoms. The van der Waals surface area contributed by atoms with E-state index in [0.717, 1.165) is 17.4 Å². The Morgan fingerprint density at radius 1 is 1.50 bits per heavy atom. The first-order valence-electron chi connectivity index (χ1n) is 0.183. The van der Waals surface area contributed by atoms with Crippen LogP contribution in [0.4, 0.5) is 0 Å². The van der Waals surface area contributed by atoms with Crippen molar-refractivity contribution in [1.82, 2.24) is 0 Å². The van der Waals surface area contributed by atoms with Crippen LogP contribution < -0.4 is 51.4 Å². The topological polar surface area (TPSA) is 17.1 Å².